The van der Waals surface area contributed by atoms with Crippen LogP contribution >= 0.6 is 15.9 Å². The largest absolute Gasteiger partial charge is 0.378 e. The number of carbonyl (C=O) groups is 1. The fourth-order valence-electron chi connectivity index (χ4n) is 2.39. The van der Waals surface area contributed by atoms with Crippen molar-refractivity contribution in [1.82, 2.24) is 10.3 Å². The number of hydrogen-bond donors (Lipinski definition) is 1. The molecule has 2 rings (SSSR count). The van der Waals surface area contributed by atoms with Crippen LogP contribution in [0.3, 0.4) is 0 Å². The lowest BCUT2D eigenvalue weighted by molar-refractivity contribution is -0.111. The number of nitrogens with zero attached hydrogens (tertiary/aromatic N) is 1. The summed E-state index contributed by atoms with van der Waals surface area (Å²) in [5.41, 5.74) is 0.394. The minimum atomic E-state index is -0.138. The van der Waals surface area contributed by atoms with E-state index in [1.165, 1.54) is 0 Å². The van der Waals surface area contributed by atoms with E-state index in [0.717, 1.165) is 6.42 Å². The van der Waals surface area contributed by atoms with Gasteiger partial charge in [-0.3, -0.25) is 4.79 Å². The molecule has 2 atom stereocenters. The van der Waals surface area contributed by atoms with Crippen LogP contribution in [0.2, 0.25) is 0 Å². The quantitative estimate of drug-likeness (QED) is 0.925. The Morgan fingerprint density at radius 3 is 2.95 bits per heavy atom. The van der Waals surface area contributed by atoms with Crippen molar-refractivity contribution in [3.8, 4) is 0 Å². The number of ether oxygens (including phenoxy) is 1. The van der Waals surface area contributed by atoms with Gasteiger partial charge in [0, 0.05) is 28.7 Å². The minimum absolute atomic E-state index is 0.0348. The standard InChI is InChI=1S/C14H19BrN2O2/c1-4-19-11-8-10(14(11,2)3)17-13(18)12-9(15)6-5-7-16-12/h5-7,10-11H,4,8H2,1-3H3,(H,17,18). The molecule has 1 fully saturated rings. The van der Waals surface area contributed by atoms with Crippen molar-refractivity contribution in [3.05, 3.63) is 28.5 Å². The Morgan fingerprint density at radius 1 is 1.63 bits per heavy atom. The Hall–Kier alpha value is -0.940. The van der Waals surface area contributed by atoms with E-state index in [1.54, 1.807) is 12.3 Å². The van der Waals surface area contributed by atoms with Crippen LogP contribution in [0.25, 0.3) is 0 Å². The molecule has 0 aromatic carbocycles. The van der Waals surface area contributed by atoms with Gasteiger partial charge in [0.05, 0.1) is 6.10 Å². The fraction of sp³-hybridized carbons (Fsp3) is 0.571. The number of amides is 1. The summed E-state index contributed by atoms with van der Waals surface area (Å²) in [5.74, 6) is -0.138. The van der Waals surface area contributed by atoms with Crippen LogP contribution in [0.4, 0.5) is 0 Å². The Labute approximate surface area is 122 Å². The van der Waals surface area contributed by atoms with Gasteiger partial charge in [-0.2, -0.15) is 0 Å². The maximum atomic E-state index is 12.2. The smallest absolute Gasteiger partial charge is 0.271 e. The summed E-state index contributed by atoms with van der Waals surface area (Å²) in [4.78, 5) is 16.3. The number of rotatable bonds is 4. The SMILES string of the molecule is CCOC1CC(NC(=O)c2ncccc2Br)C1(C)C. The summed E-state index contributed by atoms with van der Waals surface area (Å²) in [6, 6.07) is 3.74. The molecule has 1 heterocycles. The van der Waals surface area contributed by atoms with E-state index in [9.17, 15) is 4.79 Å². The van der Waals surface area contributed by atoms with Crippen LogP contribution in [-0.2, 0) is 4.74 Å². The highest BCUT2D eigenvalue weighted by molar-refractivity contribution is 9.10. The fourth-order valence-corrected chi connectivity index (χ4v) is 2.83. The van der Waals surface area contributed by atoms with Gasteiger partial charge in [0.15, 0.2) is 0 Å². The molecule has 1 aliphatic rings. The van der Waals surface area contributed by atoms with E-state index in [-0.39, 0.29) is 23.5 Å². The van der Waals surface area contributed by atoms with E-state index in [2.05, 4.69) is 40.1 Å². The molecule has 0 aliphatic heterocycles. The van der Waals surface area contributed by atoms with Crippen LogP contribution in [0, 0.1) is 5.41 Å². The van der Waals surface area contributed by atoms with Gasteiger partial charge < -0.3 is 10.1 Å². The molecule has 0 spiro atoms. The predicted molar refractivity (Wildman–Crippen MR) is 77.0 cm³/mol. The normalized spacial score (nSPS) is 24.6. The summed E-state index contributed by atoms with van der Waals surface area (Å²) in [5, 5.41) is 3.04. The molecular weight excluding hydrogens is 308 g/mol. The molecule has 1 saturated carbocycles. The van der Waals surface area contributed by atoms with Crippen LogP contribution in [0.1, 0.15) is 37.7 Å². The predicted octanol–water partition coefficient (Wildman–Crippen LogP) is 2.78. The van der Waals surface area contributed by atoms with E-state index in [1.807, 2.05) is 13.0 Å². The number of pyridine rings is 1. The van der Waals surface area contributed by atoms with Gasteiger partial charge in [0.25, 0.3) is 5.91 Å². The second-order valence-electron chi connectivity index (χ2n) is 5.36. The number of hydrogen-bond acceptors (Lipinski definition) is 3. The Bertz CT molecular complexity index is 476. The molecule has 1 aromatic rings. The van der Waals surface area contributed by atoms with Crippen LogP contribution in [0.5, 0.6) is 0 Å². The molecule has 2 unspecified atom stereocenters. The summed E-state index contributed by atoms with van der Waals surface area (Å²) in [6.45, 7) is 6.94. The third kappa shape index (κ3) is 2.82. The van der Waals surface area contributed by atoms with Gasteiger partial charge in [-0.1, -0.05) is 13.8 Å². The van der Waals surface area contributed by atoms with Crippen LogP contribution < -0.4 is 5.32 Å². The van der Waals surface area contributed by atoms with Crippen molar-refractivity contribution in [2.75, 3.05) is 6.61 Å². The first-order valence-corrected chi connectivity index (χ1v) is 7.29. The number of nitrogens with one attached hydrogen (secondary N) is 1. The molecule has 1 aliphatic carbocycles. The second kappa shape index (κ2) is 5.59. The third-order valence-electron chi connectivity index (χ3n) is 3.82. The first-order chi connectivity index (χ1) is 8.96. The summed E-state index contributed by atoms with van der Waals surface area (Å²) in [6.07, 6.45) is 2.70. The first-order valence-electron chi connectivity index (χ1n) is 6.49. The van der Waals surface area contributed by atoms with E-state index in [0.29, 0.717) is 16.8 Å². The Morgan fingerprint density at radius 2 is 2.37 bits per heavy atom. The van der Waals surface area contributed by atoms with E-state index < -0.39 is 0 Å². The minimum Gasteiger partial charge on any atom is -0.378 e. The summed E-state index contributed by atoms with van der Waals surface area (Å²) in [7, 11) is 0. The third-order valence-corrected chi connectivity index (χ3v) is 4.46. The molecule has 0 bridgehead atoms. The average molecular weight is 327 g/mol. The van der Waals surface area contributed by atoms with E-state index >= 15 is 0 Å². The van der Waals surface area contributed by atoms with Gasteiger partial charge in [-0.05, 0) is 41.4 Å². The summed E-state index contributed by atoms with van der Waals surface area (Å²) >= 11 is 3.34. The lowest BCUT2D eigenvalue weighted by atomic mass is 9.64. The monoisotopic (exact) mass is 326 g/mol. The molecular formula is C14H19BrN2O2. The highest BCUT2D eigenvalue weighted by Gasteiger charge is 2.49. The molecule has 0 saturated heterocycles. The second-order valence-corrected chi connectivity index (χ2v) is 6.22. The first kappa shape index (κ1) is 14.5. The molecule has 19 heavy (non-hydrogen) atoms. The topological polar surface area (TPSA) is 51.2 Å². The molecule has 104 valence electrons. The van der Waals surface area contributed by atoms with Gasteiger partial charge in [-0.25, -0.2) is 4.98 Å². The average Bonchev–Trinajstić information content (AvgIpc) is 2.38. The molecule has 1 aromatic heterocycles. The lowest BCUT2D eigenvalue weighted by Gasteiger charge is -2.51. The van der Waals surface area contributed by atoms with Gasteiger partial charge in [0.1, 0.15) is 5.69 Å². The number of aromatic nitrogens is 1. The number of carbonyl (C=O) groups excluding carboxylic acids is 1. The van der Waals surface area contributed by atoms with Gasteiger partial charge in [0.2, 0.25) is 0 Å². The highest BCUT2D eigenvalue weighted by Crippen LogP contribution is 2.42. The van der Waals surface area contributed by atoms with Gasteiger partial charge >= 0.3 is 0 Å². The maximum Gasteiger partial charge on any atom is 0.271 e. The number of halogens is 1. The molecule has 1 amide bonds. The summed E-state index contributed by atoms with van der Waals surface area (Å²) < 4.78 is 6.37. The van der Waals surface area contributed by atoms with Crippen LogP contribution in [-0.4, -0.2) is 29.6 Å². The highest BCUT2D eigenvalue weighted by atomic mass is 79.9. The Balaban J connectivity index is 2.00. The van der Waals surface area contributed by atoms with Crippen molar-refractivity contribution < 1.29 is 9.53 Å². The Kier molecular flexibility index (Phi) is 4.26. The zero-order chi connectivity index (χ0) is 14.0. The van der Waals surface area contributed by atoms with Crippen LogP contribution in [0.15, 0.2) is 22.8 Å². The zero-order valence-corrected chi connectivity index (χ0v) is 13.0. The molecule has 1 N–H and O–H groups in total. The lowest BCUT2D eigenvalue weighted by Crippen LogP contribution is -2.62. The van der Waals surface area contributed by atoms with Crippen molar-refractivity contribution in [2.24, 2.45) is 5.41 Å². The molecule has 5 heteroatoms. The zero-order valence-electron chi connectivity index (χ0n) is 11.4. The van der Waals surface area contributed by atoms with Crippen molar-refractivity contribution >= 4 is 21.8 Å². The molecule has 0 radical (unpaired) electrons. The van der Waals surface area contributed by atoms with Crippen molar-refractivity contribution in [1.29, 1.82) is 0 Å². The van der Waals surface area contributed by atoms with E-state index in [4.69, 9.17) is 4.74 Å². The molecule has 4 nitrogen and oxygen atoms in total. The van der Waals surface area contributed by atoms with Crippen molar-refractivity contribution in [3.63, 3.8) is 0 Å². The van der Waals surface area contributed by atoms with Crippen molar-refractivity contribution in [2.45, 2.75) is 39.3 Å². The maximum absolute atomic E-state index is 12.2. The van der Waals surface area contributed by atoms with Gasteiger partial charge in [-0.15, -0.1) is 0 Å².